The van der Waals surface area contributed by atoms with Crippen LogP contribution in [0.25, 0.3) is 0 Å². The van der Waals surface area contributed by atoms with Crippen molar-refractivity contribution in [3.8, 4) is 0 Å². The first-order valence-electron chi connectivity index (χ1n) is 5.81. The van der Waals surface area contributed by atoms with Gasteiger partial charge >= 0.3 is 0 Å². The summed E-state index contributed by atoms with van der Waals surface area (Å²) in [6.45, 7) is 0. The van der Waals surface area contributed by atoms with Crippen molar-refractivity contribution in [1.82, 2.24) is 0 Å². The van der Waals surface area contributed by atoms with Crippen LogP contribution in [0.3, 0.4) is 0 Å². The molecule has 18 heavy (non-hydrogen) atoms. The zero-order valence-corrected chi connectivity index (χ0v) is 12.2. The summed E-state index contributed by atoms with van der Waals surface area (Å²) in [6, 6.07) is 15.6. The van der Waals surface area contributed by atoms with E-state index >= 15 is 0 Å². The summed E-state index contributed by atoms with van der Waals surface area (Å²) in [4.78, 5) is 0. The van der Waals surface area contributed by atoms with E-state index in [0.717, 1.165) is 15.6 Å². The molecule has 0 amide bonds. The molecule has 0 aliphatic heterocycles. The number of rotatable bonds is 4. The fourth-order valence-corrected chi connectivity index (χ4v) is 2.57. The minimum absolute atomic E-state index is 0.427. The molecule has 94 valence electrons. The fourth-order valence-electron chi connectivity index (χ4n) is 1.91. The lowest BCUT2D eigenvalue weighted by molar-refractivity contribution is 0.175. The van der Waals surface area contributed by atoms with E-state index in [0.29, 0.717) is 17.9 Å². The Hall–Kier alpha value is -0.830. The van der Waals surface area contributed by atoms with Crippen LogP contribution in [0.5, 0.6) is 0 Å². The van der Waals surface area contributed by atoms with Crippen LogP contribution in [0.2, 0.25) is 5.02 Å². The zero-order valence-electron chi connectivity index (χ0n) is 9.81. The van der Waals surface area contributed by atoms with Gasteiger partial charge in [-0.1, -0.05) is 63.9 Å². The van der Waals surface area contributed by atoms with Crippen LogP contribution in [-0.4, -0.2) is 11.2 Å². The molecule has 0 aliphatic carbocycles. The smallest absolute Gasteiger partial charge is 0.0621 e. The van der Waals surface area contributed by atoms with E-state index in [1.54, 1.807) is 0 Å². The van der Waals surface area contributed by atoms with E-state index in [1.165, 1.54) is 0 Å². The molecule has 0 bridgehead atoms. The number of benzene rings is 2. The largest absolute Gasteiger partial charge is 0.392 e. The summed E-state index contributed by atoms with van der Waals surface area (Å²) < 4.78 is 1.03. The third kappa shape index (κ3) is 3.58. The summed E-state index contributed by atoms with van der Waals surface area (Å²) in [5.41, 5.74) is 2.09. The second-order valence-electron chi connectivity index (χ2n) is 4.24. The second kappa shape index (κ2) is 6.37. The molecule has 0 saturated carbocycles. The normalized spacial score (nSPS) is 12.4. The molecule has 0 aliphatic rings. The molecule has 0 saturated heterocycles. The van der Waals surface area contributed by atoms with Crippen LogP contribution < -0.4 is 0 Å². The maximum Gasteiger partial charge on any atom is 0.0621 e. The molecule has 2 aromatic carbocycles. The predicted octanol–water partition coefficient (Wildman–Crippen LogP) is 4.25. The lowest BCUT2D eigenvalue weighted by atomic mass is 10.0. The maximum absolute atomic E-state index is 10.1. The number of halogens is 2. The Morgan fingerprint density at radius 2 is 1.50 bits per heavy atom. The van der Waals surface area contributed by atoms with Gasteiger partial charge in [0.2, 0.25) is 0 Å². The van der Waals surface area contributed by atoms with Crippen LogP contribution in [0.1, 0.15) is 11.1 Å². The molecule has 0 radical (unpaired) electrons. The standard InChI is InChI=1S/C15H14BrClO/c16-14-7-3-1-5-11(14)9-13(18)10-12-6-2-4-8-15(12)17/h1-8,13,18H,9-10H2. The highest BCUT2D eigenvalue weighted by Gasteiger charge is 2.10. The molecule has 2 aromatic rings. The van der Waals surface area contributed by atoms with Crippen molar-refractivity contribution in [2.24, 2.45) is 0 Å². The van der Waals surface area contributed by atoms with Gasteiger partial charge in [0.05, 0.1) is 6.10 Å². The molecule has 0 aromatic heterocycles. The van der Waals surface area contributed by atoms with Crippen molar-refractivity contribution in [3.63, 3.8) is 0 Å². The van der Waals surface area contributed by atoms with E-state index in [-0.39, 0.29) is 0 Å². The average Bonchev–Trinajstić information content (AvgIpc) is 2.35. The van der Waals surface area contributed by atoms with Gasteiger partial charge in [0.25, 0.3) is 0 Å². The molecular weight excluding hydrogens is 312 g/mol. The monoisotopic (exact) mass is 324 g/mol. The van der Waals surface area contributed by atoms with Gasteiger partial charge in [-0.25, -0.2) is 0 Å². The minimum atomic E-state index is -0.427. The van der Waals surface area contributed by atoms with Gasteiger partial charge in [0.1, 0.15) is 0 Å². The molecule has 0 heterocycles. The third-order valence-corrected chi connectivity index (χ3v) is 3.97. The average molecular weight is 326 g/mol. The Morgan fingerprint density at radius 3 is 2.17 bits per heavy atom. The van der Waals surface area contributed by atoms with E-state index in [9.17, 15) is 5.11 Å². The van der Waals surface area contributed by atoms with Gasteiger partial charge in [0.15, 0.2) is 0 Å². The van der Waals surface area contributed by atoms with E-state index in [1.807, 2.05) is 48.5 Å². The highest BCUT2D eigenvalue weighted by molar-refractivity contribution is 9.10. The van der Waals surface area contributed by atoms with Gasteiger partial charge in [-0.2, -0.15) is 0 Å². The highest BCUT2D eigenvalue weighted by atomic mass is 79.9. The van der Waals surface area contributed by atoms with Gasteiger partial charge in [-0.15, -0.1) is 0 Å². The van der Waals surface area contributed by atoms with Crippen molar-refractivity contribution in [1.29, 1.82) is 0 Å². The van der Waals surface area contributed by atoms with Crippen LogP contribution in [0, 0.1) is 0 Å². The molecule has 2 rings (SSSR count). The summed E-state index contributed by atoms with van der Waals surface area (Å²) >= 11 is 9.57. The molecular formula is C15H14BrClO. The Morgan fingerprint density at radius 1 is 0.944 bits per heavy atom. The lowest BCUT2D eigenvalue weighted by Crippen LogP contribution is -2.14. The Balaban J connectivity index is 2.04. The van der Waals surface area contributed by atoms with Gasteiger partial charge < -0.3 is 5.11 Å². The first kappa shape index (κ1) is 13.6. The van der Waals surface area contributed by atoms with Crippen molar-refractivity contribution < 1.29 is 5.11 Å². The lowest BCUT2D eigenvalue weighted by Gasteiger charge is -2.12. The SMILES string of the molecule is OC(Cc1ccccc1Cl)Cc1ccccc1Br. The van der Waals surface area contributed by atoms with E-state index < -0.39 is 6.10 Å². The summed E-state index contributed by atoms with van der Waals surface area (Å²) in [7, 11) is 0. The molecule has 1 unspecified atom stereocenters. The molecule has 3 heteroatoms. The van der Waals surface area contributed by atoms with Gasteiger partial charge in [-0.3, -0.25) is 0 Å². The number of aliphatic hydroxyl groups excluding tert-OH is 1. The fraction of sp³-hybridized carbons (Fsp3) is 0.200. The van der Waals surface area contributed by atoms with Gasteiger partial charge in [0, 0.05) is 15.9 Å². The highest BCUT2D eigenvalue weighted by Crippen LogP contribution is 2.21. The summed E-state index contributed by atoms with van der Waals surface area (Å²) in [6.07, 6.45) is 0.761. The molecule has 1 atom stereocenters. The summed E-state index contributed by atoms with van der Waals surface area (Å²) in [5.74, 6) is 0. The summed E-state index contributed by atoms with van der Waals surface area (Å²) in [5, 5.41) is 10.8. The van der Waals surface area contributed by atoms with Crippen LogP contribution in [0.4, 0.5) is 0 Å². The second-order valence-corrected chi connectivity index (χ2v) is 5.51. The number of aliphatic hydroxyl groups is 1. The predicted molar refractivity (Wildman–Crippen MR) is 79.0 cm³/mol. The molecule has 0 fully saturated rings. The van der Waals surface area contributed by atoms with Crippen molar-refractivity contribution in [2.75, 3.05) is 0 Å². The zero-order chi connectivity index (χ0) is 13.0. The Kier molecular flexibility index (Phi) is 4.81. The van der Waals surface area contributed by atoms with E-state index in [2.05, 4.69) is 15.9 Å². The molecule has 1 N–H and O–H groups in total. The van der Waals surface area contributed by atoms with Crippen LogP contribution in [-0.2, 0) is 12.8 Å². The van der Waals surface area contributed by atoms with E-state index in [4.69, 9.17) is 11.6 Å². The molecule has 1 nitrogen and oxygen atoms in total. The first-order valence-corrected chi connectivity index (χ1v) is 6.99. The Bertz CT molecular complexity index is 480. The molecule has 0 spiro atoms. The van der Waals surface area contributed by atoms with Crippen molar-refractivity contribution >= 4 is 27.5 Å². The first-order chi connectivity index (χ1) is 8.66. The topological polar surface area (TPSA) is 20.2 Å². The van der Waals surface area contributed by atoms with Crippen LogP contribution >= 0.6 is 27.5 Å². The minimum Gasteiger partial charge on any atom is -0.392 e. The number of hydrogen-bond donors (Lipinski definition) is 1. The maximum atomic E-state index is 10.1. The van der Waals surface area contributed by atoms with Crippen molar-refractivity contribution in [2.45, 2.75) is 18.9 Å². The quantitative estimate of drug-likeness (QED) is 0.891. The number of hydrogen-bond acceptors (Lipinski definition) is 1. The third-order valence-electron chi connectivity index (χ3n) is 2.83. The van der Waals surface area contributed by atoms with Crippen molar-refractivity contribution in [3.05, 3.63) is 69.2 Å². The van der Waals surface area contributed by atoms with Gasteiger partial charge in [-0.05, 0) is 29.7 Å². The Labute approximate surface area is 121 Å². The van der Waals surface area contributed by atoms with Crippen LogP contribution in [0.15, 0.2) is 53.0 Å².